The third-order valence-electron chi connectivity index (χ3n) is 5.25. The Balaban J connectivity index is 1.50. The van der Waals surface area contributed by atoms with Crippen molar-refractivity contribution in [2.75, 3.05) is 26.4 Å². The molecule has 0 saturated carbocycles. The van der Waals surface area contributed by atoms with Crippen LogP contribution < -0.4 is 4.74 Å². The van der Waals surface area contributed by atoms with Gasteiger partial charge in [-0.15, -0.1) is 11.3 Å². The molecule has 0 spiro atoms. The van der Waals surface area contributed by atoms with Crippen LogP contribution in [0.4, 0.5) is 0 Å². The van der Waals surface area contributed by atoms with Gasteiger partial charge in [0.25, 0.3) is 0 Å². The summed E-state index contributed by atoms with van der Waals surface area (Å²) in [6.07, 6.45) is 0.764. The Morgan fingerprint density at radius 1 is 1.25 bits per heavy atom. The van der Waals surface area contributed by atoms with Gasteiger partial charge in [-0.3, -0.25) is 4.79 Å². The highest BCUT2D eigenvalue weighted by molar-refractivity contribution is 7.21. The minimum absolute atomic E-state index is 0.0809. The molecule has 28 heavy (non-hydrogen) atoms. The summed E-state index contributed by atoms with van der Waals surface area (Å²) in [6.45, 7) is 2.40. The van der Waals surface area contributed by atoms with E-state index in [2.05, 4.69) is 4.98 Å². The van der Waals surface area contributed by atoms with E-state index in [0.29, 0.717) is 38.7 Å². The Kier molecular flexibility index (Phi) is 4.41. The molecule has 2 aromatic carbocycles. The summed E-state index contributed by atoms with van der Waals surface area (Å²) in [5.74, 6) is 0.564. The predicted octanol–water partition coefficient (Wildman–Crippen LogP) is 3.43. The van der Waals surface area contributed by atoms with Gasteiger partial charge in [0, 0.05) is 24.3 Å². The molecule has 2 aliphatic rings. The van der Waals surface area contributed by atoms with Crippen molar-refractivity contribution in [3.63, 3.8) is 0 Å². The van der Waals surface area contributed by atoms with Crippen molar-refractivity contribution in [1.82, 2.24) is 9.88 Å². The lowest BCUT2D eigenvalue weighted by Crippen LogP contribution is -2.37. The zero-order valence-corrected chi connectivity index (χ0v) is 16.1. The van der Waals surface area contributed by atoms with Gasteiger partial charge in [-0.05, 0) is 30.7 Å². The number of carbonyl (C=O) groups excluding carboxylic acids is 1. The summed E-state index contributed by atoms with van der Waals surface area (Å²) in [7, 11) is 0. The van der Waals surface area contributed by atoms with E-state index < -0.39 is 0 Å². The number of hydrogen-bond donors (Lipinski definition) is 1. The van der Waals surface area contributed by atoms with Crippen LogP contribution >= 0.6 is 11.3 Å². The molecule has 6 nitrogen and oxygen atoms in total. The summed E-state index contributed by atoms with van der Waals surface area (Å²) in [4.78, 5) is 19.3. The summed E-state index contributed by atoms with van der Waals surface area (Å²) in [5.41, 5.74) is 2.57. The first kappa shape index (κ1) is 17.5. The monoisotopic (exact) mass is 396 g/mol. The van der Waals surface area contributed by atoms with Crippen LogP contribution in [0.5, 0.6) is 11.5 Å². The Bertz CT molecular complexity index is 1010. The molecule has 1 aromatic heterocycles. The van der Waals surface area contributed by atoms with Crippen LogP contribution in [0.15, 0.2) is 36.4 Å². The topological polar surface area (TPSA) is 71.9 Å². The fourth-order valence-corrected chi connectivity index (χ4v) is 4.75. The quantitative estimate of drug-likeness (QED) is 0.719. The maximum Gasteiger partial charge on any atom is 0.228 e. The van der Waals surface area contributed by atoms with Gasteiger partial charge in [0.05, 0.1) is 29.3 Å². The number of phenols is 1. The van der Waals surface area contributed by atoms with Gasteiger partial charge in [-0.2, -0.15) is 0 Å². The van der Waals surface area contributed by atoms with Gasteiger partial charge in [0.15, 0.2) is 11.5 Å². The van der Waals surface area contributed by atoms with Crippen LogP contribution in [-0.2, 0) is 16.1 Å². The van der Waals surface area contributed by atoms with Crippen LogP contribution in [0.1, 0.15) is 12.0 Å². The van der Waals surface area contributed by atoms with Crippen molar-refractivity contribution >= 4 is 27.5 Å². The van der Waals surface area contributed by atoms with E-state index in [0.717, 1.165) is 32.8 Å². The minimum Gasteiger partial charge on any atom is -0.504 e. The SMILES string of the molecule is O=C([C@H]1CCOC1)N1CCOc2c(O)cc(-c3nc4ccccc4s3)cc2C1. The van der Waals surface area contributed by atoms with E-state index in [1.807, 2.05) is 35.2 Å². The maximum absolute atomic E-state index is 12.8. The number of thiazole rings is 1. The molecule has 1 saturated heterocycles. The number of benzene rings is 2. The van der Waals surface area contributed by atoms with E-state index in [9.17, 15) is 9.90 Å². The van der Waals surface area contributed by atoms with Gasteiger partial charge in [0.1, 0.15) is 11.6 Å². The van der Waals surface area contributed by atoms with Crippen LogP contribution in [-0.4, -0.2) is 47.3 Å². The second-order valence-corrected chi connectivity index (χ2v) is 8.17. The van der Waals surface area contributed by atoms with Crippen molar-refractivity contribution in [1.29, 1.82) is 0 Å². The van der Waals surface area contributed by atoms with Gasteiger partial charge in [0.2, 0.25) is 5.91 Å². The number of aromatic nitrogens is 1. The third kappa shape index (κ3) is 3.10. The van der Waals surface area contributed by atoms with E-state index in [1.165, 1.54) is 0 Å². The second-order valence-electron chi connectivity index (χ2n) is 7.14. The molecule has 0 radical (unpaired) electrons. The molecule has 0 aliphatic carbocycles. The zero-order chi connectivity index (χ0) is 19.1. The van der Waals surface area contributed by atoms with Gasteiger partial charge < -0.3 is 19.5 Å². The maximum atomic E-state index is 12.8. The standard InChI is InChI=1S/C21H20N2O4S/c24-17-10-14(20-22-16-3-1-2-4-18(16)28-20)9-15-11-23(6-8-27-19(15)17)21(25)13-5-7-26-12-13/h1-4,9-10,13,24H,5-8,11-12H2/t13-/m0/s1. The second kappa shape index (κ2) is 7.07. The van der Waals surface area contributed by atoms with E-state index in [1.54, 1.807) is 17.4 Å². The molecule has 1 fully saturated rings. The van der Waals surface area contributed by atoms with Gasteiger partial charge >= 0.3 is 0 Å². The normalized spacial score (nSPS) is 19.3. The third-order valence-corrected chi connectivity index (χ3v) is 6.33. The number of ether oxygens (including phenoxy) is 2. The number of fused-ring (bicyclic) bond motifs is 2. The first-order chi connectivity index (χ1) is 13.7. The first-order valence-electron chi connectivity index (χ1n) is 9.40. The number of hydrogen-bond acceptors (Lipinski definition) is 6. The molecule has 1 atom stereocenters. The number of aromatic hydroxyl groups is 1. The Labute approximate surface area is 166 Å². The number of rotatable bonds is 2. The van der Waals surface area contributed by atoms with E-state index in [4.69, 9.17) is 9.47 Å². The molecule has 144 valence electrons. The predicted molar refractivity (Wildman–Crippen MR) is 107 cm³/mol. The Morgan fingerprint density at radius 2 is 2.14 bits per heavy atom. The molecular weight excluding hydrogens is 376 g/mol. The number of carbonyl (C=O) groups is 1. The van der Waals surface area contributed by atoms with Crippen molar-refractivity contribution in [3.05, 3.63) is 42.0 Å². The number of amides is 1. The molecule has 5 rings (SSSR count). The molecule has 0 unspecified atom stereocenters. The average Bonchev–Trinajstić information content (AvgIpc) is 3.33. The Morgan fingerprint density at radius 3 is 2.96 bits per heavy atom. The van der Waals surface area contributed by atoms with Crippen LogP contribution in [0.2, 0.25) is 0 Å². The van der Waals surface area contributed by atoms with Crippen molar-refractivity contribution in [2.45, 2.75) is 13.0 Å². The molecule has 1 amide bonds. The first-order valence-corrected chi connectivity index (χ1v) is 10.2. The lowest BCUT2D eigenvalue weighted by Gasteiger charge is -2.22. The molecule has 1 N–H and O–H groups in total. The summed E-state index contributed by atoms with van der Waals surface area (Å²) in [6, 6.07) is 11.6. The molecule has 0 bridgehead atoms. The number of para-hydroxylation sites is 1. The van der Waals surface area contributed by atoms with Crippen molar-refractivity contribution in [2.24, 2.45) is 5.92 Å². The highest BCUT2D eigenvalue weighted by Crippen LogP contribution is 2.39. The molecule has 7 heteroatoms. The van der Waals surface area contributed by atoms with Gasteiger partial charge in [-0.25, -0.2) is 4.98 Å². The highest BCUT2D eigenvalue weighted by Gasteiger charge is 2.30. The smallest absolute Gasteiger partial charge is 0.228 e. The van der Waals surface area contributed by atoms with Crippen LogP contribution in [0.25, 0.3) is 20.8 Å². The number of phenolic OH excluding ortho intramolecular Hbond substituents is 1. The largest absolute Gasteiger partial charge is 0.504 e. The minimum atomic E-state index is -0.0809. The summed E-state index contributed by atoms with van der Waals surface area (Å²) in [5, 5.41) is 11.4. The highest BCUT2D eigenvalue weighted by atomic mass is 32.1. The molecule has 3 heterocycles. The lowest BCUT2D eigenvalue weighted by molar-refractivity contribution is -0.136. The van der Waals surface area contributed by atoms with Crippen molar-refractivity contribution in [3.8, 4) is 22.1 Å². The fourth-order valence-electron chi connectivity index (χ4n) is 3.79. The van der Waals surface area contributed by atoms with E-state index in [-0.39, 0.29) is 17.6 Å². The van der Waals surface area contributed by atoms with Gasteiger partial charge in [-0.1, -0.05) is 12.1 Å². The summed E-state index contributed by atoms with van der Waals surface area (Å²) >= 11 is 1.58. The molecule has 2 aliphatic heterocycles. The molecule has 3 aromatic rings. The Hall–Kier alpha value is -2.64. The van der Waals surface area contributed by atoms with E-state index >= 15 is 0 Å². The van der Waals surface area contributed by atoms with Crippen LogP contribution in [0, 0.1) is 5.92 Å². The van der Waals surface area contributed by atoms with Crippen LogP contribution in [0.3, 0.4) is 0 Å². The average molecular weight is 396 g/mol. The fraction of sp³-hybridized carbons (Fsp3) is 0.333. The van der Waals surface area contributed by atoms with Crippen molar-refractivity contribution < 1.29 is 19.4 Å². The molecular formula is C21H20N2O4S. The zero-order valence-electron chi connectivity index (χ0n) is 15.3. The summed E-state index contributed by atoms with van der Waals surface area (Å²) < 4.78 is 12.2. The lowest BCUT2D eigenvalue weighted by atomic mass is 10.1. The number of nitrogens with zero attached hydrogens (tertiary/aromatic N) is 2.